The van der Waals surface area contributed by atoms with Crippen molar-refractivity contribution in [3.63, 3.8) is 0 Å². The minimum atomic E-state index is -2.94. The van der Waals surface area contributed by atoms with Crippen LogP contribution in [-0.2, 0) is 14.6 Å². The second-order valence-corrected chi connectivity index (χ2v) is 7.59. The predicted molar refractivity (Wildman–Crippen MR) is 75.2 cm³/mol. The average Bonchev–Trinajstić information content (AvgIpc) is 2.28. The smallest absolute Gasteiger partial charge is 0.150 e. The number of nitrogens with two attached hydrogens (primary N) is 1. The monoisotopic (exact) mass is 277 g/mol. The van der Waals surface area contributed by atoms with Gasteiger partial charge >= 0.3 is 0 Å². The third kappa shape index (κ3) is 8.64. The van der Waals surface area contributed by atoms with E-state index in [4.69, 9.17) is 5.73 Å². The maximum atomic E-state index is 11.8. The molecular weight excluding hydrogens is 250 g/mol. The summed E-state index contributed by atoms with van der Waals surface area (Å²) in [5, 5.41) is 0. The molecule has 0 aliphatic carbocycles. The summed E-state index contributed by atoms with van der Waals surface area (Å²) in [6.07, 6.45) is 3.56. The summed E-state index contributed by atoms with van der Waals surface area (Å²) in [5.74, 6) is 0.478. The molecule has 0 aromatic heterocycles. The van der Waals surface area contributed by atoms with Crippen LogP contribution >= 0.6 is 0 Å². The molecule has 0 spiro atoms. The topological polar surface area (TPSA) is 77.2 Å². The van der Waals surface area contributed by atoms with Crippen LogP contribution in [0.5, 0.6) is 0 Å². The Labute approximate surface area is 111 Å². The molecular formula is C13H27NO3S. The maximum absolute atomic E-state index is 11.8. The van der Waals surface area contributed by atoms with E-state index in [2.05, 4.69) is 0 Å². The highest BCUT2D eigenvalue weighted by molar-refractivity contribution is 7.91. The Bertz CT molecular complexity index is 336. The molecule has 2 atom stereocenters. The fraction of sp³-hybridized carbons (Fsp3) is 0.923. The van der Waals surface area contributed by atoms with Crippen LogP contribution < -0.4 is 5.73 Å². The van der Waals surface area contributed by atoms with Gasteiger partial charge in [-0.3, -0.25) is 4.79 Å². The molecule has 0 aliphatic rings. The van der Waals surface area contributed by atoms with Crippen LogP contribution in [0.25, 0.3) is 0 Å². The second-order valence-electron chi connectivity index (χ2n) is 5.12. The van der Waals surface area contributed by atoms with E-state index >= 15 is 0 Å². The van der Waals surface area contributed by atoms with Gasteiger partial charge in [0, 0.05) is 24.1 Å². The van der Waals surface area contributed by atoms with E-state index in [1.807, 2.05) is 13.8 Å². The Morgan fingerprint density at radius 2 is 1.78 bits per heavy atom. The first-order valence-electron chi connectivity index (χ1n) is 6.77. The third-order valence-corrected chi connectivity index (χ3v) is 4.95. The summed E-state index contributed by atoms with van der Waals surface area (Å²) in [6.45, 7) is 5.51. The standard InChI is InChI=1S/C13H27NO3S/c1-4-18(16,17)10-6-9-13(15)11(2)7-5-8-12(3)14/h11-12H,4-10,14H2,1-3H3. The molecule has 0 radical (unpaired) electrons. The molecule has 4 nitrogen and oxygen atoms in total. The number of hydrogen-bond acceptors (Lipinski definition) is 4. The van der Waals surface area contributed by atoms with Crippen LogP contribution in [0.1, 0.15) is 52.9 Å². The first-order chi connectivity index (χ1) is 8.28. The van der Waals surface area contributed by atoms with Gasteiger partial charge in [-0.05, 0) is 26.2 Å². The molecule has 18 heavy (non-hydrogen) atoms. The van der Waals surface area contributed by atoms with Crippen LogP contribution in [0.3, 0.4) is 0 Å². The quantitative estimate of drug-likeness (QED) is 0.662. The minimum absolute atomic E-state index is 0.0214. The van der Waals surface area contributed by atoms with Gasteiger partial charge in [-0.1, -0.05) is 20.3 Å². The fourth-order valence-electron chi connectivity index (χ4n) is 1.76. The maximum Gasteiger partial charge on any atom is 0.150 e. The molecule has 0 fully saturated rings. The Morgan fingerprint density at radius 3 is 2.28 bits per heavy atom. The normalized spacial score (nSPS) is 15.3. The molecule has 0 aromatic carbocycles. The first kappa shape index (κ1) is 17.6. The molecule has 0 rings (SSSR count). The van der Waals surface area contributed by atoms with E-state index in [9.17, 15) is 13.2 Å². The van der Waals surface area contributed by atoms with Crippen molar-refractivity contribution in [3.05, 3.63) is 0 Å². The minimum Gasteiger partial charge on any atom is -0.328 e. The lowest BCUT2D eigenvalue weighted by Crippen LogP contribution is -2.17. The molecule has 2 N–H and O–H groups in total. The van der Waals surface area contributed by atoms with Gasteiger partial charge in [0.15, 0.2) is 0 Å². The van der Waals surface area contributed by atoms with Crippen molar-refractivity contribution >= 4 is 15.6 Å². The number of ketones is 1. The molecule has 0 amide bonds. The van der Waals surface area contributed by atoms with Gasteiger partial charge in [-0.25, -0.2) is 8.42 Å². The van der Waals surface area contributed by atoms with Gasteiger partial charge in [0.25, 0.3) is 0 Å². The molecule has 0 heterocycles. The lowest BCUT2D eigenvalue weighted by atomic mass is 9.96. The van der Waals surface area contributed by atoms with Crippen LogP contribution in [0, 0.1) is 5.92 Å². The highest BCUT2D eigenvalue weighted by Gasteiger charge is 2.14. The van der Waals surface area contributed by atoms with Gasteiger partial charge in [0.05, 0.1) is 5.75 Å². The van der Waals surface area contributed by atoms with Crippen molar-refractivity contribution in [3.8, 4) is 0 Å². The van der Waals surface area contributed by atoms with E-state index < -0.39 is 9.84 Å². The zero-order valence-electron chi connectivity index (χ0n) is 11.8. The number of rotatable bonds is 10. The molecule has 2 unspecified atom stereocenters. The molecule has 5 heteroatoms. The number of carbonyl (C=O) groups excluding carboxylic acids is 1. The van der Waals surface area contributed by atoms with Crippen LogP contribution in [0.4, 0.5) is 0 Å². The fourth-order valence-corrected chi connectivity index (χ4v) is 2.64. The van der Waals surface area contributed by atoms with Crippen molar-refractivity contribution in [2.24, 2.45) is 11.7 Å². The summed E-state index contributed by atoms with van der Waals surface area (Å²) in [5.41, 5.74) is 5.65. The summed E-state index contributed by atoms with van der Waals surface area (Å²) in [7, 11) is -2.94. The molecule has 0 aliphatic heterocycles. The highest BCUT2D eigenvalue weighted by Crippen LogP contribution is 2.13. The van der Waals surface area contributed by atoms with Crippen LogP contribution in [0.15, 0.2) is 0 Å². The summed E-state index contributed by atoms with van der Waals surface area (Å²) < 4.78 is 22.5. The van der Waals surface area contributed by atoms with Crippen molar-refractivity contribution in [1.82, 2.24) is 0 Å². The van der Waals surface area contributed by atoms with Gasteiger partial charge < -0.3 is 5.73 Å². The van der Waals surface area contributed by atoms with Crippen molar-refractivity contribution in [2.45, 2.75) is 58.9 Å². The molecule has 108 valence electrons. The van der Waals surface area contributed by atoms with Crippen LogP contribution in [0.2, 0.25) is 0 Å². The number of sulfone groups is 1. The van der Waals surface area contributed by atoms with Crippen LogP contribution in [-0.4, -0.2) is 31.7 Å². The molecule has 0 bridgehead atoms. The van der Waals surface area contributed by atoms with E-state index in [1.165, 1.54) is 0 Å². The summed E-state index contributed by atoms with van der Waals surface area (Å²) >= 11 is 0. The Kier molecular flexibility index (Phi) is 8.44. The van der Waals surface area contributed by atoms with E-state index in [0.717, 1.165) is 19.3 Å². The van der Waals surface area contributed by atoms with Crippen molar-refractivity contribution in [1.29, 1.82) is 0 Å². The number of Topliss-reactive ketones (excluding diaryl/α,β-unsaturated/α-hetero) is 1. The average molecular weight is 277 g/mol. The zero-order chi connectivity index (χ0) is 14.2. The highest BCUT2D eigenvalue weighted by atomic mass is 32.2. The van der Waals surface area contributed by atoms with Gasteiger partial charge in [0.2, 0.25) is 0 Å². The Hall–Kier alpha value is -0.420. The molecule has 0 saturated heterocycles. The number of hydrogen-bond donors (Lipinski definition) is 1. The number of carbonyl (C=O) groups is 1. The largest absolute Gasteiger partial charge is 0.328 e. The van der Waals surface area contributed by atoms with Crippen molar-refractivity contribution < 1.29 is 13.2 Å². The SMILES string of the molecule is CCS(=O)(=O)CCCC(=O)C(C)CCCC(C)N. The van der Waals surface area contributed by atoms with Gasteiger partial charge in [-0.15, -0.1) is 0 Å². The summed E-state index contributed by atoms with van der Waals surface area (Å²) in [6, 6.07) is 0.182. The van der Waals surface area contributed by atoms with E-state index in [1.54, 1.807) is 6.92 Å². The van der Waals surface area contributed by atoms with Gasteiger partial charge in [0.1, 0.15) is 15.6 Å². The lowest BCUT2D eigenvalue weighted by molar-refractivity contribution is -0.122. The Balaban J connectivity index is 3.81. The molecule has 0 aromatic rings. The predicted octanol–water partition coefficient (Wildman–Crippen LogP) is 1.92. The van der Waals surface area contributed by atoms with E-state index in [0.29, 0.717) is 12.8 Å². The van der Waals surface area contributed by atoms with E-state index in [-0.39, 0.29) is 29.2 Å². The lowest BCUT2D eigenvalue weighted by Gasteiger charge is -2.11. The zero-order valence-corrected chi connectivity index (χ0v) is 12.6. The third-order valence-electron chi connectivity index (χ3n) is 3.16. The summed E-state index contributed by atoms with van der Waals surface area (Å²) in [4.78, 5) is 11.8. The molecule has 0 saturated carbocycles. The second kappa shape index (κ2) is 8.64. The first-order valence-corrected chi connectivity index (χ1v) is 8.59. The van der Waals surface area contributed by atoms with Crippen molar-refractivity contribution in [2.75, 3.05) is 11.5 Å². The Morgan fingerprint density at radius 1 is 1.17 bits per heavy atom. The van der Waals surface area contributed by atoms with Gasteiger partial charge in [-0.2, -0.15) is 0 Å².